The first kappa shape index (κ1) is 25.3. The number of anilines is 1. The Morgan fingerprint density at radius 3 is 2.49 bits per heavy atom. The standard InChI is InChI=1S/C26H33N5O5S/c1-17-14-28-31-16-21(12-24(26(17)31)36-18(2)20-13-25(32)27-15-20)19-5-6-22(23(11-19)35-3)29-7-9-30(10-8-29)37(4,33)34/h5-6,11-12,14,16,18,20H,7-10,13,15H2,1-4H3,(H,27,32). The van der Waals surface area contributed by atoms with E-state index >= 15 is 0 Å². The number of piperazine rings is 1. The molecule has 2 aliphatic rings. The van der Waals surface area contributed by atoms with Gasteiger partial charge >= 0.3 is 0 Å². The second kappa shape index (κ2) is 9.86. The van der Waals surface area contributed by atoms with Gasteiger partial charge < -0.3 is 19.7 Å². The average Bonchev–Trinajstić information content (AvgIpc) is 3.49. The van der Waals surface area contributed by atoms with Crippen LogP contribution in [0, 0.1) is 12.8 Å². The van der Waals surface area contributed by atoms with E-state index in [1.807, 2.05) is 55.0 Å². The van der Waals surface area contributed by atoms with Crippen molar-refractivity contribution in [2.24, 2.45) is 5.92 Å². The summed E-state index contributed by atoms with van der Waals surface area (Å²) < 4.78 is 39.3. The first-order chi connectivity index (χ1) is 17.6. The minimum atomic E-state index is -3.19. The minimum absolute atomic E-state index is 0.0600. The highest BCUT2D eigenvalue weighted by molar-refractivity contribution is 7.88. The molecule has 1 amide bonds. The summed E-state index contributed by atoms with van der Waals surface area (Å²) >= 11 is 0. The molecule has 2 unspecified atom stereocenters. The Kier molecular flexibility index (Phi) is 6.76. The number of benzene rings is 1. The van der Waals surface area contributed by atoms with Crippen LogP contribution in [-0.2, 0) is 14.8 Å². The Hall–Kier alpha value is -3.31. The van der Waals surface area contributed by atoms with E-state index in [1.54, 1.807) is 7.11 Å². The number of aryl methyl sites for hydroxylation is 1. The fourth-order valence-corrected chi connectivity index (χ4v) is 5.94. The van der Waals surface area contributed by atoms with Crippen molar-refractivity contribution in [2.75, 3.05) is 51.0 Å². The van der Waals surface area contributed by atoms with Crippen molar-refractivity contribution in [1.82, 2.24) is 19.2 Å². The number of methoxy groups -OCH3 is 1. The number of amides is 1. The molecular weight excluding hydrogens is 494 g/mol. The van der Waals surface area contributed by atoms with Gasteiger partial charge in [0.1, 0.15) is 23.1 Å². The maximum atomic E-state index is 11.9. The molecule has 0 spiro atoms. The van der Waals surface area contributed by atoms with Crippen LogP contribution < -0.4 is 19.7 Å². The van der Waals surface area contributed by atoms with Crippen molar-refractivity contribution in [3.8, 4) is 22.6 Å². The van der Waals surface area contributed by atoms with E-state index in [0.717, 1.165) is 33.6 Å². The van der Waals surface area contributed by atoms with Crippen molar-refractivity contribution in [3.05, 3.63) is 42.2 Å². The zero-order chi connectivity index (χ0) is 26.3. The summed E-state index contributed by atoms with van der Waals surface area (Å²) in [7, 11) is -1.55. The topological polar surface area (TPSA) is 105 Å². The number of hydrogen-bond acceptors (Lipinski definition) is 7. The number of pyridine rings is 1. The third kappa shape index (κ3) is 5.10. The fraction of sp³-hybridized carbons (Fsp3) is 0.462. The van der Waals surface area contributed by atoms with E-state index in [2.05, 4.69) is 15.3 Å². The Morgan fingerprint density at radius 2 is 1.84 bits per heavy atom. The molecule has 5 rings (SSSR count). The lowest BCUT2D eigenvalue weighted by Gasteiger charge is -2.35. The zero-order valence-electron chi connectivity index (χ0n) is 21.6. The summed E-state index contributed by atoms with van der Waals surface area (Å²) in [6.45, 7) is 6.69. The zero-order valence-corrected chi connectivity index (χ0v) is 22.4. The van der Waals surface area contributed by atoms with Gasteiger partial charge in [0.2, 0.25) is 15.9 Å². The van der Waals surface area contributed by atoms with Crippen molar-refractivity contribution >= 4 is 27.1 Å². The van der Waals surface area contributed by atoms with Gasteiger partial charge in [0, 0.05) is 56.8 Å². The number of nitrogens with zero attached hydrogens (tertiary/aromatic N) is 4. The largest absolute Gasteiger partial charge is 0.495 e. The van der Waals surface area contributed by atoms with Crippen LogP contribution in [0.5, 0.6) is 11.5 Å². The lowest BCUT2D eigenvalue weighted by Crippen LogP contribution is -2.48. The van der Waals surface area contributed by atoms with Crippen LogP contribution in [0.3, 0.4) is 0 Å². The number of fused-ring (bicyclic) bond motifs is 1. The highest BCUT2D eigenvalue weighted by Gasteiger charge is 2.29. The first-order valence-corrected chi connectivity index (χ1v) is 14.3. The summed E-state index contributed by atoms with van der Waals surface area (Å²) in [5.41, 5.74) is 4.71. The van der Waals surface area contributed by atoms with Gasteiger partial charge in [-0.2, -0.15) is 9.40 Å². The molecule has 0 radical (unpaired) electrons. The summed E-state index contributed by atoms with van der Waals surface area (Å²) in [4.78, 5) is 13.9. The quantitative estimate of drug-likeness (QED) is 0.503. The second-order valence-electron chi connectivity index (χ2n) is 9.84. The molecule has 2 aromatic heterocycles. The third-order valence-corrected chi connectivity index (χ3v) is 8.61. The van der Waals surface area contributed by atoms with Gasteiger partial charge in [-0.05, 0) is 43.2 Å². The van der Waals surface area contributed by atoms with Crippen LogP contribution in [0.1, 0.15) is 18.9 Å². The van der Waals surface area contributed by atoms with Crippen LogP contribution in [0.25, 0.3) is 16.6 Å². The molecule has 198 valence electrons. The van der Waals surface area contributed by atoms with Gasteiger partial charge in [-0.1, -0.05) is 6.07 Å². The number of aromatic nitrogens is 2. The summed E-state index contributed by atoms with van der Waals surface area (Å²) in [5.74, 6) is 1.61. The van der Waals surface area contributed by atoms with Crippen LogP contribution in [0.15, 0.2) is 36.7 Å². The van der Waals surface area contributed by atoms with Gasteiger partial charge in [-0.15, -0.1) is 0 Å². The normalized spacial score (nSPS) is 19.7. The number of hydrogen-bond donors (Lipinski definition) is 1. The molecule has 2 atom stereocenters. The lowest BCUT2D eigenvalue weighted by atomic mass is 10.0. The molecule has 37 heavy (non-hydrogen) atoms. The van der Waals surface area contributed by atoms with E-state index in [0.29, 0.717) is 44.9 Å². The van der Waals surface area contributed by atoms with E-state index in [-0.39, 0.29) is 17.9 Å². The van der Waals surface area contributed by atoms with Crippen molar-refractivity contribution in [3.63, 3.8) is 0 Å². The Bertz CT molecular complexity index is 1430. The molecular formula is C26H33N5O5S. The van der Waals surface area contributed by atoms with Crippen molar-refractivity contribution in [1.29, 1.82) is 0 Å². The molecule has 0 saturated carbocycles. The van der Waals surface area contributed by atoms with Crippen LogP contribution >= 0.6 is 0 Å². The van der Waals surface area contributed by atoms with E-state index < -0.39 is 10.0 Å². The SMILES string of the molecule is COc1cc(-c2cc(OC(C)C3CNC(=O)C3)c3c(C)cnn3c2)ccc1N1CCN(S(C)(=O)=O)CC1. The number of carbonyl (C=O) groups excluding carboxylic acids is 1. The van der Waals surface area contributed by atoms with E-state index in [9.17, 15) is 13.2 Å². The van der Waals surface area contributed by atoms with Crippen LogP contribution in [0.2, 0.25) is 0 Å². The predicted molar refractivity (Wildman–Crippen MR) is 142 cm³/mol. The summed E-state index contributed by atoms with van der Waals surface area (Å²) in [5, 5.41) is 7.40. The highest BCUT2D eigenvalue weighted by atomic mass is 32.2. The lowest BCUT2D eigenvalue weighted by molar-refractivity contribution is -0.119. The van der Waals surface area contributed by atoms with Gasteiger partial charge in [-0.3, -0.25) is 4.79 Å². The summed E-state index contributed by atoms with van der Waals surface area (Å²) in [6.07, 6.45) is 5.36. The maximum Gasteiger partial charge on any atom is 0.220 e. The molecule has 1 aromatic carbocycles. The first-order valence-electron chi connectivity index (χ1n) is 12.4. The summed E-state index contributed by atoms with van der Waals surface area (Å²) in [6, 6.07) is 8.06. The van der Waals surface area contributed by atoms with E-state index in [4.69, 9.17) is 9.47 Å². The average molecular weight is 528 g/mol. The molecule has 2 fully saturated rings. The van der Waals surface area contributed by atoms with Crippen molar-refractivity contribution < 1.29 is 22.7 Å². The molecule has 10 nitrogen and oxygen atoms in total. The number of carbonyl (C=O) groups is 1. The molecule has 2 aliphatic heterocycles. The Balaban J connectivity index is 1.44. The number of ether oxygens (including phenoxy) is 2. The Morgan fingerprint density at radius 1 is 1.11 bits per heavy atom. The van der Waals surface area contributed by atoms with Gasteiger partial charge in [0.25, 0.3) is 0 Å². The monoisotopic (exact) mass is 527 g/mol. The minimum Gasteiger partial charge on any atom is -0.495 e. The fourth-order valence-electron chi connectivity index (χ4n) is 5.11. The number of nitrogens with one attached hydrogen (secondary N) is 1. The third-order valence-electron chi connectivity index (χ3n) is 7.31. The number of sulfonamides is 1. The number of rotatable bonds is 7. The van der Waals surface area contributed by atoms with Gasteiger partial charge in [-0.25, -0.2) is 12.9 Å². The molecule has 2 saturated heterocycles. The smallest absolute Gasteiger partial charge is 0.220 e. The molecule has 0 bridgehead atoms. The Labute approximate surface area is 217 Å². The maximum absolute atomic E-state index is 11.9. The second-order valence-corrected chi connectivity index (χ2v) is 11.8. The molecule has 11 heteroatoms. The molecule has 4 heterocycles. The van der Waals surface area contributed by atoms with Gasteiger partial charge in [0.05, 0.1) is 25.2 Å². The molecule has 1 N–H and O–H groups in total. The predicted octanol–water partition coefficient (Wildman–Crippen LogP) is 2.30. The van der Waals surface area contributed by atoms with Crippen molar-refractivity contribution in [2.45, 2.75) is 26.4 Å². The molecule has 3 aromatic rings. The van der Waals surface area contributed by atoms with E-state index in [1.165, 1.54) is 10.6 Å². The highest BCUT2D eigenvalue weighted by Crippen LogP contribution is 2.37. The van der Waals surface area contributed by atoms with Crippen LogP contribution in [0.4, 0.5) is 5.69 Å². The van der Waals surface area contributed by atoms with Gasteiger partial charge in [0.15, 0.2) is 0 Å². The van der Waals surface area contributed by atoms with Crippen LogP contribution in [-0.4, -0.2) is 80.4 Å². The molecule has 0 aliphatic carbocycles.